The molecule has 2 aromatic rings. The molecule has 0 saturated heterocycles. The highest BCUT2D eigenvalue weighted by atomic mass is 32.2. The molecule has 0 radical (unpaired) electrons. The molecule has 2 N–H and O–H groups in total. The van der Waals surface area contributed by atoms with Crippen LogP contribution in [0.4, 0.5) is 0 Å². The molecule has 2 aromatic carbocycles. The van der Waals surface area contributed by atoms with E-state index in [0.717, 1.165) is 16.7 Å². The minimum absolute atomic E-state index is 0.0950. The summed E-state index contributed by atoms with van der Waals surface area (Å²) in [5.41, 5.74) is 9.38. The van der Waals surface area contributed by atoms with Gasteiger partial charge in [-0.3, -0.25) is 9.00 Å². The summed E-state index contributed by atoms with van der Waals surface area (Å²) in [5.74, 6) is -0.286. The largest absolute Gasteiger partial charge is 0.369 e. The van der Waals surface area contributed by atoms with E-state index in [4.69, 9.17) is 5.73 Å². The second-order valence-corrected chi connectivity index (χ2v) is 6.17. The highest BCUT2D eigenvalue weighted by Gasteiger charge is 2.10. The number of hydrogen-bond acceptors (Lipinski definition) is 2. The Morgan fingerprint density at radius 1 is 1.10 bits per heavy atom. The number of primary amides is 1. The average Bonchev–Trinajstić information content (AvgIpc) is 2.39. The van der Waals surface area contributed by atoms with E-state index in [1.807, 2.05) is 55.5 Å². The van der Waals surface area contributed by atoms with E-state index in [1.54, 1.807) is 0 Å². The van der Waals surface area contributed by atoms with Crippen LogP contribution in [0.15, 0.2) is 48.5 Å². The number of carbonyl (C=O) groups is 1. The maximum Gasteiger partial charge on any atom is 0.230 e. The Bertz CT molecular complexity index is 635. The normalized spacial score (nSPS) is 12.1. The molecule has 1 atom stereocenters. The van der Waals surface area contributed by atoms with E-state index in [9.17, 15) is 9.00 Å². The molecule has 3 nitrogen and oxygen atoms in total. The fraction of sp³-hybridized carbons (Fsp3) is 0.188. The summed E-state index contributed by atoms with van der Waals surface area (Å²) in [6.07, 6.45) is 0. The van der Waals surface area contributed by atoms with Gasteiger partial charge in [-0.15, -0.1) is 0 Å². The van der Waals surface area contributed by atoms with Gasteiger partial charge in [0.1, 0.15) is 5.75 Å². The van der Waals surface area contributed by atoms with Crippen LogP contribution >= 0.6 is 0 Å². The van der Waals surface area contributed by atoms with Crippen LogP contribution in [-0.2, 0) is 21.3 Å². The van der Waals surface area contributed by atoms with Gasteiger partial charge in [0, 0.05) is 16.6 Å². The number of benzene rings is 2. The molecule has 20 heavy (non-hydrogen) atoms. The first-order chi connectivity index (χ1) is 9.56. The Labute approximate surface area is 121 Å². The lowest BCUT2D eigenvalue weighted by molar-refractivity contribution is -0.115. The third kappa shape index (κ3) is 3.78. The van der Waals surface area contributed by atoms with Crippen molar-refractivity contribution in [3.63, 3.8) is 0 Å². The van der Waals surface area contributed by atoms with Crippen LogP contribution in [0.3, 0.4) is 0 Å². The molecular weight excluding hydrogens is 270 g/mol. The van der Waals surface area contributed by atoms with Gasteiger partial charge in [0.25, 0.3) is 0 Å². The van der Waals surface area contributed by atoms with Crippen molar-refractivity contribution in [3.8, 4) is 11.1 Å². The molecule has 1 amide bonds. The Morgan fingerprint density at radius 2 is 1.75 bits per heavy atom. The van der Waals surface area contributed by atoms with Crippen molar-refractivity contribution >= 4 is 16.7 Å². The Kier molecular flexibility index (Phi) is 4.69. The second kappa shape index (κ2) is 6.48. The molecule has 0 saturated carbocycles. The van der Waals surface area contributed by atoms with E-state index >= 15 is 0 Å². The predicted molar refractivity (Wildman–Crippen MR) is 82.5 cm³/mol. The van der Waals surface area contributed by atoms with Crippen molar-refractivity contribution in [2.75, 3.05) is 5.75 Å². The van der Waals surface area contributed by atoms with Crippen LogP contribution in [0.1, 0.15) is 11.1 Å². The highest BCUT2D eigenvalue weighted by molar-refractivity contribution is 7.84. The van der Waals surface area contributed by atoms with Crippen molar-refractivity contribution in [1.29, 1.82) is 0 Å². The minimum Gasteiger partial charge on any atom is -0.369 e. The van der Waals surface area contributed by atoms with Gasteiger partial charge in [-0.2, -0.15) is 0 Å². The average molecular weight is 287 g/mol. The topological polar surface area (TPSA) is 60.2 Å². The molecule has 0 aliphatic rings. The van der Waals surface area contributed by atoms with Gasteiger partial charge < -0.3 is 5.73 Å². The van der Waals surface area contributed by atoms with Crippen molar-refractivity contribution < 1.29 is 9.00 Å². The summed E-state index contributed by atoms with van der Waals surface area (Å²) < 4.78 is 11.9. The molecule has 0 fully saturated rings. The van der Waals surface area contributed by atoms with Gasteiger partial charge in [0.2, 0.25) is 5.91 Å². The first-order valence-corrected chi connectivity index (χ1v) is 7.83. The molecule has 0 bridgehead atoms. The zero-order chi connectivity index (χ0) is 14.5. The maximum absolute atomic E-state index is 11.9. The number of amides is 1. The van der Waals surface area contributed by atoms with Crippen LogP contribution in [0.25, 0.3) is 11.1 Å². The van der Waals surface area contributed by atoms with Gasteiger partial charge in [-0.1, -0.05) is 54.1 Å². The lowest BCUT2D eigenvalue weighted by Crippen LogP contribution is -2.20. The molecule has 104 valence electrons. The van der Waals surface area contributed by atoms with Crippen LogP contribution < -0.4 is 5.73 Å². The first-order valence-electron chi connectivity index (χ1n) is 6.34. The van der Waals surface area contributed by atoms with Crippen molar-refractivity contribution in [2.24, 2.45) is 5.73 Å². The number of nitrogens with two attached hydrogens (primary N) is 1. The molecule has 0 heterocycles. The zero-order valence-electron chi connectivity index (χ0n) is 11.3. The third-order valence-corrected chi connectivity index (χ3v) is 4.24. The zero-order valence-corrected chi connectivity index (χ0v) is 12.2. The molecule has 4 heteroatoms. The molecule has 0 aromatic heterocycles. The van der Waals surface area contributed by atoms with Gasteiger partial charge >= 0.3 is 0 Å². The van der Waals surface area contributed by atoms with Crippen molar-refractivity contribution in [2.45, 2.75) is 12.7 Å². The lowest BCUT2D eigenvalue weighted by Gasteiger charge is -2.09. The summed E-state index contributed by atoms with van der Waals surface area (Å²) in [5, 5.41) is 0. The molecule has 2 rings (SSSR count). The quantitative estimate of drug-likeness (QED) is 0.918. The Hall–Kier alpha value is -1.94. The smallest absolute Gasteiger partial charge is 0.230 e. The van der Waals surface area contributed by atoms with Crippen molar-refractivity contribution in [3.05, 3.63) is 59.7 Å². The van der Waals surface area contributed by atoms with Gasteiger partial charge in [0.15, 0.2) is 0 Å². The van der Waals surface area contributed by atoms with Crippen LogP contribution in [-0.4, -0.2) is 15.9 Å². The Morgan fingerprint density at radius 3 is 2.40 bits per heavy atom. The minimum atomic E-state index is -1.26. The number of rotatable bonds is 5. The summed E-state index contributed by atoms with van der Waals surface area (Å²) in [7, 11) is -1.26. The molecule has 0 aliphatic heterocycles. The van der Waals surface area contributed by atoms with E-state index in [-0.39, 0.29) is 5.75 Å². The number of aryl methyl sites for hydroxylation is 1. The van der Waals surface area contributed by atoms with E-state index in [2.05, 4.69) is 0 Å². The van der Waals surface area contributed by atoms with Crippen LogP contribution in [0.5, 0.6) is 0 Å². The lowest BCUT2D eigenvalue weighted by atomic mass is 10.00. The predicted octanol–water partition coefficient (Wildman–Crippen LogP) is 2.40. The van der Waals surface area contributed by atoms with Crippen LogP contribution in [0.2, 0.25) is 0 Å². The second-order valence-electron chi connectivity index (χ2n) is 4.72. The van der Waals surface area contributed by atoms with Gasteiger partial charge in [-0.25, -0.2) is 0 Å². The number of hydrogen-bond donors (Lipinski definition) is 1. The van der Waals surface area contributed by atoms with E-state index in [1.165, 1.54) is 5.56 Å². The van der Waals surface area contributed by atoms with Gasteiger partial charge in [0.05, 0.1) is 0 Å². The third-order valence-electron chi connectivity index (χ3n) is 3.00. The molecular formula is C16H17NO2S. The fourth-order valence-corrected chi connectivity index (χ4v) is 3.06. The maximum atomic E-state index is 11.9. The fourth-order valence-electron chi connectivity index (χ4n) is 2.04. The van der Waals surface area contributed by atoms with E-state index in [0.29, 0.717) is 5.75 Å². The van der Waals surface area contributed by atoms with Crippen LogP contribution in [0, 0.1) is 6.92 Å². The highest BCUT2D eigenvalue weighted by Crippen LogP contribution is 2.25. The van der Waals surface area contributed by atoms with Crippen molar-refractivity contribution in [1.82, 2.24) is 0 Å². The molecule has 0 spiro atoms. The summed E-state index contributed by atoms with van der Waals surface area (Å²) in [6, 6.07) is 16.0. The first kappa shape index (κ1) is 14.5. The summed E-state index contributed by atoms with van der Waals surface area (Å²) >= 11 is 0. The summed E-state index contributed by atoms with van der Waals surface area (Å²) in [6.45, 7) is 2.04. The molecule has 0 unspecified atom stereocenters. The monoisotopic (exact) mass is 287 g/mol. The van der Waals surface area contributed by atoms with E-state index < -0.39 is 16.7 Å². The van der Waals surface area contributed by atoms with Gasteiger partial charge in [-0.05, 0) is 23.6 Å². The summed E-state index contributed by atoms with van der Waals surface area (Å²) in [4.78, 5) is 10.8. The Balaban J connectivity index is 2.28. The SMILES string of the molecule is Cc1ccc(-c2ccccc2C[S@](=O)CC(N)=O)cc1. The molecule has 0 aliphatic carbocycles. The standard InChI is InChI=1S/C16H17NO2S/c1-12-6-8-13(9-7-12)15-5-3-2-4-14(15)10-20(19)11-16(17)18/h2-9H,10-11H2,1H3,(H2,17,18)/t20-/m0/s1. The number of carbonyl (C=O) groups excluding carboxylic acids is 1.